The minimum absolute atomic E-state index is 0.0146. The lowest BCUT2D eigenvalue weighted by atomic mass is 10.1. The molecule has 0 amide bonds. The lowest BCUT2D eigenvalue weighted by molar-refractivity contribution is -0.136. The molecule has 0 saturated carbocycles. The zero-order valence-corrected chi connectivity index (χ0v) is 19.0. The van der Waals surface area contributed by atoms with Crippen molar-refractivity contribution >= 4 is 27.2 Å². The quantitative estimate of drug-likeness (QED) is 0.275. The second kappa shape index (κ2) is 12.6. The summed E-state index contributed by atoms with van der Waals surface area (Å²) < 4.78 is 23.0. The van der Waals surface area contributed by atoms with E-state index < -0.39 is 15.8 Å². The molecular weight excluding hydrogens is 432 g/mol. The molecule has 0 unspecified atom stereocenters. The molecule has 1 N–H and O–H groups in total. The number of carbonyl (C=O) groups is 1. The third-order valence-electron chi connectivity index (χ3n) is 4.48. The molecule has 0 aromatic heterocycles. The van der Waals surface area contributed by atoms with Crippen molar-refractivity contribution in [1.29, 1.82) is 0 Å². The summed E-state index contributed by atoms with van der Waals surface area (Å²) in [4.78, 5) is 21.8. The number of carboxylic acid groups (broad SMARTS) is 1. The molecule has 32 heavy (non-hydrogen) atoms. The number of aliphatic carboxylic acids is 1. The van der Waals surface area contributed by atoms with Crippen LogP contribution in [0.3, 0.4) is 0 Å². The third kappa shape index (κ3) is 8.89. The van der Waals surface area contributed by atoms with Gasteiger partial charge in [-0.25, -0.2) is 8.42 Å². The molecule has 9 heteroatoms. The normalized spacial score (nSPS) is 12.4. The number of unbranched alkanes of at least 4 members (excludes halogenated alkanes) is 1. The Labute approximate surface area is 188 Å². The Morgan fingerprint density at radius 3 is 2.03 bits per heavy atom. The maximum atomic E-state index is 11.5. The predicted octanol–water partition coefficient (Wildman–Crippen LogP) is 3.90. The number of carboxylic acids is 1. The summed E-state index contributed by atoms with van der Waals surface area (Å²) in [5.41, 5.74) is 2.87. The first-order valence-electron chi connectivity index (χ1n) is 10.2. The van der Waals surface area contributed by atoms with Gasteiger partial charge in [0.15, 0.2) is 9.84 Å². The highest BCUT2D eigenvalue weighted by Crippen LogP contribution is 2.11. The summed E-state index contributed by atoms with van der Waals surface area (Å²) >= 11 is 0. The Kier molecular flexibility index (Phi) is 9.87. The molecule has 0 atom stereocenters. The third-order valence-corrected chi connectivity index (χ3v) is 5.61. The highest BCUT2D eigenvalue weighted by molar-refractivity contribution is 7.90. The van der Waals surface area contributed by atoms with Crippen LogP contribution in [-0.4, -0.2) is 50.4 Å². The van der Waals surface area contributed by atoms with Crippen LogP contribution in [0, 0.1) is 0 Å². The van der Waals surface area contributed by atoms with E-state index in [1.165, 1.54) is 6.26 Å². The van der Waals surface area contributed by atoms with Gasteiger partial charge < -0.3 is 14.8 Å². The van der Waals surface area contributed by atoms with E-state index >= 15 is 0 Å². The van der Waals surface area contributed by atoms with Crippen LogP contribution in [0.4, 0.5) is 0 Å². The van der Waals surface area contributed by atoms with Gasteiger partial charge in [-0.05, 0) is 43.0 Å². The largest absolute Gasteiger partial charge is 0.481 e. The van der Waals surface area contributed by atoms with E-state index in [1.54, 1.807) is 31.2 Å². The highest BCUT2D eigenvalue weighted by atomic mass is 32.2. The molecule has 2 aromatic rings. The number of benzene rings is 2. The van der Waals surface area contributed by atoms with Gasteiger partial charge in [0.2, 0.25) is 0 Å². The topological polar surface area (TPSA) is 115 Å². The fourth-order valence-corrected chi connectivity index (χ4v) is 3.32. The SMILES string of the molecule is C/C(=N\OCCCCO/N=C(/CCC(=O)O)c1ccccc1)c1ccc(S(C)(=O)=O)cc1. The van der Waals surface area contributed by atoms with Crippen molar-refractivity contribution in [2.45, 2.75) is 37.5 Å². The summed E-state index contributed by atoms with van der Waals surface area (Å²) in [5.74, 6) is -0.882. The maximum absolute atomic E-state index is 11.5. The minimum Gasteiger partial charge on any atom is -0.481 e. The van der Waals surface area contributed by atoms with E-state index in [9.17, 15) is 13.2 Å². The van der Waals surface area contributed by atoms with Crippen LogP contribution in [0.15, 0.2) is 69.8 Å². The van der Waals surface area contributed by atoms with Crippen LogP contribution in [0.25, 0.3) is 0 Å². The van der Waals surface area contributed by atoms with Crippen molar-refractivity contribution in [3.8, 4) is 0 Å². The molecule has 0 fully saturated rings. The van der Waals surface area contributed by atoms with Gasteiger partial charge in [-0.2, -0.15) is 0 Å². The molecule has 0 aliphatic heterocycles. The molecule has 2 aromatic carbocycles. The van der Waals surface area contributed by atoms with Gasteiger partial charge in [-0.3, -0.25) is 4.79 Å². The van der Waals surface area contributed by atoms with Crippen molar-refractivity contribution in [1.82, 2.24) is 0 Å². The van der Waals surface area contributed by atoms with Crippen molar-refractivity contribution < 1.29 is 28.0 Å². The first-order valence-corrected chi connectivity index (χ1v) is 12.1. The molecule has 0 aliphatic carbocycles. The number of hydrogen-bond acceptors (Lipinski definition) is 7. The monoisotopic (exact) mass is 460 g/mol. The first kappa shape index (κ1) is 25.1. The smallest absolute Gasteiger partial charge is 0.303 e. The second-order valence-electron chi connectivity index (χ2n) is 7.14. The lowest BCUT2D eigenvalue weighted by Gasteiger charge is -2.06. The van der Waals surface area contributed by atoms with Gasteiger partial charge in [-0.15, -0.1) is 0 Å². The maximum Gasteiger partial charge on any atom is 0.303 e. The molecular formula is C23H28N2O6S. The minimum atomic E-state index is -3.22. The summed E-state index contributed by atoms with van der Waals surface area (Å²) in [5, 5.41) is 17.1. The molecule has 0 spiro atoms. The summed E-state index contributed by atoms with van der Waals surface area (Å²) in [6, 6.07) is 15.8. The number of rotatable bonds is 13. The molecule has 8 nitrogen and oxygen atoms in total. The molecule has 172 valence electrons. The van der Waals surface area contributed by atoms with Crippen LogP contribution in [-0.2, 0) is 24.3 Å². The standard InChI is InChI=1S/C23H28N2O6S/c1-18(19-10-12-21(13-11-19)32(2,28)29)24-30-16-6-7-17-31-25-22(14-15-23(26)27)20-8-4-3-5-9-20/h3-5,8-13H,6-7,14-17H2,1-2H3,(H,26,27)/b24-18+,25-22-. The average Bonchev–Trinajstić information content (AvgIpc) is 2.77. The van der Waals surface area contributed by atoms with E-state index in [0.717, 1.165) is 11.1 Å². The van der Waals surface area contributed by atoms with Crippen molar-refractivity contribution in [2.24, 2.45) is 10.3 Å². The summed E-state index contributed by atoms with van der Waals surface area (Å²) in [7, 11) is -3.22. The van der Waals surface area contributed by atoms with Gasteiger partial charge in [0, 0.05) is 12.7 Å². The van der Waals surface area contributed by atoms with E-state index in [1.807, 2.05) is 30.3 Å². The van der Waals surface area contributed by atoms with Gasteiger partial charge >= 0.3 is 5.97 Å². The Morgan fingerprint density at radius 2 is 1.47 bits per heavy atom. The molecule has 0 saturated heterocycles. The fraction of sp³-hybridized carbons (Fsp3) is 0.348. The van der Waals surface area contributed by atoms with Crippen molar-refractivity contribution in [3.05, 3.63) is 65.7 Å². The average molecular weight is 461 g/mol. The Bertz CT molecular complexity index is 1030. The van der Waals surface area contributed by atoms with Crippen LogP contribution < -0.4 is 0 Å². The van der Waals surface area contributed by atoms with E-state index in [-0.39, 0.29) is 11.3 Å². The van der Waals surface area contributed by atoms with E-state index in [4.69, 9.17) is 14.8 Å². The van der Waals surface area contributed by atoms with Crippen LogP contribution >= 0.6 is 0 Å². The highest BCUT2D eigenvalue weighted by Gasteiger charge is 2.08. The van der Waals surface area contributed by atoms with Crippen molar-refractivity contribution in [2.75, 3.05) is 19.5 Å². The molecule has 0 heterocycles. The molecule has 0 bridgehead atoms. The van der Waals surface area contributed by atoms with Crippen molar-refractivity contribution in [3.63, 3.8) is 0 Å². The number of nitrogens with zero attached hydrogens (tertiary/aromatic N) is 2. The van der Waals surface area contributed by atoms with Gasteiger partial charge in [0.05, 0.1) is 22.7 Å². The molecule has 0 aliphatic rings. The number of hydrogen-bond donors (Lipinski definition) is 1. The Hall–Kier alpha value is -3.20. The predicted molar refractivity (Wildman–Crippen MR) is 123 cm³/mol. The fourth-order valence-electron chi connectivity index (χ4n) is 2.69. The molecule has 2 rings (SSSR count). The number of sulfone groups is 1. The Balaban J connectivity index is 1.74. The van der Waals surface area contributed by atoms with Crippen LogP contribution in [0.2, 0.25) is 0 Å². The van der Waals surface area contributed by atoms with Crippen LogP contribution in [0.5, 0.6) is 0 Å². The van der Waals surface area contributed by atoms with Gasteiger partial charge in [0.25, 0.3) is 0 Å². The van der Waals surface area contributed by atoms with E-state index in [0.29, 0.717) is 43.9 Å². The lowest BCUT2D eigenvalue weighted by Crippen LogP contribution is -2.06. The zero-order chi connectivity index (χ0) is 23.4. The van der Waals surface area contributed by atoms with Gasteiger partial charge in [0.1, 0.15) is 13.2 Å². The summed E-state index contributed by atoms with van der Waals surface area (Å²) in [6.45, 7) is 2.56. The van der Waals surface area contributed by atoms with Gasteiger partial charge in [-0.1, -0.05) is 52.8 Å². The van der Waals surface area contributed by atoms with Crippen LogP contribution in [0.1, 0.15) is 43.7 Å². The zero-order valence-electron chi connectivity index (χ0n) is 18.2. The van der Waals surface area contributed by atoms with E-state index in [2.05, 4.69) is 10.3 Å². The first-order chi connectivity index (χ1) is 15.3. The second-order valence-corrected chi connectivity index (χ2v) is 9.16. The molecule has 0 radical (unpaired) electrons. The summed E-state index contributed by atoms with van der Waals surface area (Å²) in [6.07, 6.45) is 2.84. The number of oxime groups is 2. The Morgan fingerprint density at radius 1 is 0.875 bits per heavy atom.